The largest absolute Gasteiger partial charge is 0.375 e. The Bertz CT molecular complexity index is 820. The van der Waals surface area contributed by atoms with E-state index in [0.717, 1.165) is 38.3 Å². The van der Waals surface area contributed by atoms with Crippen LogP contribution in [0.1, 0.15) is 23.7 Å². The lowest BCUT2D eigenvalue weighted by molar-refractivity contribution is 0.119. The SMILES string of the molecule is COC(C)c1nc(CN(C)c2ccnc3cc(Br)ccc23)cs1. The fourth-order valence-corrected chi connectivity index (χ4v) is 3.64. The molecule has 0 aliphatic carbocycles. The van der Waals surface area contributed by atoms with E-state index in [2.05, 4.69) is 49.3 Å². The minimum absolute atomic E-state index is 0.0400. The number of nitrogens with zero attached hydrogens (tertiary/aromatic N) is 3. The second kappa shape index (κ2) is 6.95. The van der Waals surface area contributed by atoms with Gasteiger partial charge in [0.1, 0.15) is 11.1 Å². The second-order valence-electron chi connectivity index (χ2n) is 5.40. The van der Waals surface area contributed by atoms with Crippen molar-refractivity contribution in [1.29, 1.82) is 0 Å². The van der Waals surface area contributed by atoms with Crippen LogP contribution in [0.15, 0.2) is 40.3 Å². The van der Waals surface area contributed by atoms with E-state index in [1.165, 1.54) is 0 Å². The maximum Gasteiger partial charge on any atom is 0.122 e. The molecule has 4 nitrogen and oxygen atoms in total. The van der Waals surface area contributed by atoms with E-state index in [-0.39, 0.29) is 6.10 Å². The Hall–Kier alpha value is -1.50. The predicted molar refractivity (Wildman–Crippen MR) is 99.1 cm³/mol. The molecule has 2 heterocycles. The van der Waals surface area contributed by atoms with Gasteiger partial charge in [0.05, 0.1) is 17.8 Å². The Morgan fingerprint density at radius 3 is 2.96 bits per heavy atom. The summed E-state index contributed by atoms with van der Waals surface area (Å²) in [6.45, 7) is 2.77. The van der Waals surface area contributed by atoms with Crippen molar-refractivity contribution < 1.29 is 4.74 Å². The molecule has 1 atom stereocenters. The standard InChI is InChI=1S/C17H18BrN3OS/c1-11(22-3)17-20-13(10-23-17)9-21(2)16-6-7-19-15-8-12(18)4-5-14(15)16/h4-8,10-11H,9H2,1-3H3. The van der Waals surface area contributed by atoms with Crippen LogP contribution in [0.3, 0.4) is 0 Å². The number of pyridine rings is 1. The van der Waals surface area contributed by atoms with Crippen LogP contribution in [0, 0.1) is 0 Å². The van der Waals surface area contributed by atoms with Crippen LogP contribution in [0.25, 0.3) is 10.9 Å². The zero-order valence-electron chi connectivity index (χ0n) is 13.3. The van der Waals surface area contributed by atoms with E-state index < -0.39 is 0 Å². The van der Waals surface area contributed by atoms with Crippen molar-refractivity contribution in [2.24, 2.45) is 0 Å². The van der Waals surface area contributed by atoms with E-state index in [4.69, 9.17) is 4.74 Å². The van der Waals surface area contributed by atoms with Crippen LogP contribution in [0.4, 0.5) is 5.69 Å². The van der Waals surface area contributed by atoms with Crippen molar-refractivity contribution in [3.05, 3.63) is 51.0 Å². The molecule has 0 N–H and O–H groups in total. The molecule has 0 spiro atoms. The van der Waals surface area contributed by atoms with Gasteiger partial charge in [0.2, 0.25) is 0 Å². The number of hydrogen-bond acceptors (Lipinski definition) is 5. The van der Waals surface area contributed by atoms with Crippen LogP contribution < -0.4 is 4.90 Å². The summed E-state index contributed by atoms with van der Waals surface area (Å²) in [6, 6.07) is 8.22. The number of methoxy groups -OCH3 is 1. The summed E-state index contributed by atoms with van der Waals surface area (Å²) < 4.78 is 6.37. The number of aromatic nitrogens is 2. The van der Waals surface area contributed by atoms with Gasteiger partial charge in [-0.25, -0.2) is 4.98 Å². The quantitative estimate of drug-likeness (QED) is 0.625. The number of rotatable bonds is 5. The summed E-state index contributed by atoms with van der Waals surface area (Å²) in [6.07, 6.45) is 1.89. The van der Waals surface area contributed by atoms with Crippen molar-refractivity contribution in [1.82, 2.24) is 9.97 Å². The van der Waals surface area contributed by atoms with Gasteiger partial charge in [-0.05, 0) is 31.2 Å². The van der Waals surface area contributed by atoms with E-state index in [9.17, 15) is 0 Å². The highest BCUT2D eigenvalue weighted by Gasteiger charge is 2.12. The maximum atomic E-state index is 5.33. The van der Waals surface area contributed by atoms with Gasteiger partial charge in [0.15, 0.2) is 0 Å². The van der Waals surface area contributed by atoms with Crippen LogP contribution in [-0.2, 0) is 11.3 Å². The fraction of sp³-hybridized carbons (Fsp3) is 0.294. The van der Waals surface area contributed by atoms with Gasteiger partial charge in [-0.3, -0.25) is 4.98 Å². The Balaban J connectivity index is 1.86. The van der Waals surface area contributed by atoms with Crippen LogP contribution in [0.2, 0.25) is 0 Å². The molecule has 0 aliphatic rings. The van der Waals surface area contributed by atoms with Gasteiger partial charge < -0.3 is 9.64 Å². The summed E-state index contributed by atoms with van der Waals surface area (Å²) in [7, 11) is 3.79. The first kappa shape index (κ1) is 16.4. The summed E-state index contributed by atoms with van der Waals surface area (Å²) in [5.74, 6) is 0. The van der Waals surface area contributed by atoms with Crippen molar-refractivity contribution in [2.75, 3.05) is 19.1 Å². The number of thiazole rings is 1. The topological polar surface area (TPSA) is 38.2 Å². The van der Waals surface area contributed by atoms with E-state index in [1.807, 2.05) is 31.3 Å². The Kier molecular flexibility index (Phi) is 4.94. The van der Waals surface area contributed by atoms with Crippen LogP contribution >= 0.6 is 27.3 Å². The minimum atomic E-state index is 0.0400. The average Bonchev–Trinajstić information content (AvgIpc) is 3.01. The third-order valence-electron chi connectivity index (χ3n) is 3.76. The summed E-state index contributed by atoms with van der Waals surface area (Å²) in [4.78, 5) is 11.3. The van der Waals surface area contributed by atoms with Gasteiger partial charge in [0, 0.05) is 41.3 Å². The van der Waals surface area contributed by atoms with E-state index in [1.54, 1.807) is 18.4 Å². The first-order valence-corrected chi connectivity index (χ1v) is 8.98. The van der Waals surface area contributed by atoms with E-state index >= 15 is 0 Å². The van der Waals surface area contributed by atoms with Crippen molar-refractivity contribution in [3.8, 4) is 0 Å². The molecule has 1 unspecified atom stereocenters. The number of halogens is 1. The molecule has 120 valence electrons. The van der Waals surface area contributed by atoms with E-state index in [0.29, 0.717) is 0 Å². The maximum absolute atomic E-state index is 5.33. The molecule has 3 rings (SSSR count). The summed E-state index contributed by atoms with van der Waals surface area (Å²) in [5.41, 5.74) is 3.19. The summed E-state index contributed by atoms with van der Waals surface area (Å²) in [5, 5.41) is 4.25. The third-order valence-corrected chi connectivity index (χ3v) is 5.31. The summed E-state index contributed by atoms with van der Waals surface area (Å²) >= 11 is 5.14. The average molecular weight is 392 g/mol. The molecule has 0 radical (unpaired) electrons. The Labute approximate surface area is 148 Å². The first-order chi connectivity index (χ1) is 11.1. The number of fused-ring (bicyclic) bond motifs is 1. The highest BCUT2D eigenvalue weighted by Crippen LogP contribution is 2.28. The third kappa shape index (κ3) is 3.54. The lowest BCUT2D eigenvalue weighted by Crippen LogP contribution is -2.17. The number of ether oxygens (including phenoxy) is 1. The van der Waals surface area contributed by atoms with Crippen LogP contribution in [0.5, 0.6) is 0 Å². The molecule has 2 aromatic heterocycles. The molecule has 0 saturated heterocycles. The van der Waals surface area contributed by atoms with Gasteiger partial charge in [-0.2, -0.15) is 0 Å². The Morgan fingerprint density at radius 1 is 1.35 bits per heavy atom. The zero-order valence-corrected chi connectivity index (χ0v) is 15.7. The molecule has 0 fully saturated rings. The number of hydrogen-bond donors (Lipinski definition) is 0. The van der Waals surface area contributed by atoms with Crippen molar-refractivity contribution >= 4 is 43.9 Å². The smallest absolute Gasteiger partial charge is 0.122 e. The van der Waals surface area contributed by atoms with Crippen LogP contribution in [-0.4, -0.2) is 24.1 Å². The lowest BCUT2D eigenvalue weighted by atomic mass is 10.1. The Morgan fingerprint density at radius 2 is 2.17 bits per heavy atom. The normalized spacial score (nSPS) is 12.5. The minimum Gasteiger partial charge on any atom is -0.375 e. The van der Waals surface area contributed by atoms with Crippen molar-refractivity contribution in [3.63, 3.8) is 0 Å². The molecular formula is C17H18BrN3OS. The zero-order chi connectivity index (χ0) is 16.4. The predicted octanol–water partition coefficient (Wildman–Crippen LogP) is 4.80. The number of anilines is 1. The number of benzene rings is 1. The molecule has 6 heteroatoms. The van der Waals surface area contributed by atoms with Crippen molar-refractivity contribution in [2.45, 2.75) is 19.6 Å². The highest BCUT2D eigenvalue weighted by molar-refractivity contribution is 9.10. The highest BCUT2D eigenvalue weighted by atomic mass is 79.9. The molecule has 0 saturated carbocycles. The monoisotopic (exact) mass is 391 g/mol. The lowest BCUT2D eigenvalue weighted by Gasteiger charge is -2.20. The molecule has 0 bridgehead atoms. The molecule has 3 aromatic rings. The fourth-order valence-electron chi connectivity index (χ4n) is 2.45. The van der Waals surface area contributed by atoms with Gasteiger partial charge >= 0.3 is 0 Å². The molecule has 0 amide bonds. The molecule has 0 aliphatic heterocycles. The first-order valence-electron chi connectivity index (χ1n) is 7.31. The second-order valence-corrected chi connectivity index (χ2v) is 7.21. The molecule has 1 aromatic carbocycles. The molecule has 23 heavy (non-hydrogen) atoms. The molecular weight excluding hydrogens is 374 g/mol. The van der Waals surface area contributed by atoms with Gasteiger partial charge in [-0.15, -0.1) is 11.3 Å². The van der Waals surface area contributed by atoms with Gasteiger partial charge in [-0.1, -0.05) is 15.9 Å². The van der Waals surface area contributed by atoms with Gasteiger partial charge in [0.25, 0.3) is 0 Å².